The normalized spacial score (nSPS) is 10.8. The lowest BCUT2D eigenvalue weighted by molar-refractivity contribution is -0.116. The van der Waals surface area contributed by atoms with Crippen LogP contribution in [0.5, 0.6) is 0 Å². The number of benzene rings is 1. The number of carbonyl (C=O) groups is 2. The average Bonchev–Trinajstić information content (AvgIpc) is 3.16. The van der Waals surface area contributed by atoms with Crippen molar-refractivity contribution in [2.24, 2.45) is 0 Å². The van der Waals surface area contributed by atoms with Gasteiger partial charge in [-0.1, -0.05) is 22.9 Å². The minimum Gasteiger partial charge on any atom is -0.465 e. The predicted molar refractivity (Wildman–Crippen MR) is 93.1 cm³/mol. The summed E-state index contributed by atoms with van der Waals surface area (Å²) in [5.74, 6) is -0.0257. The number of nitrogens with one attached hydrogen (secondary N) is 1. The summed E-state index contributed by atoms with van der Waals surface area (Å²) in [4.78, 5) is 24.4. The molecule has 8 nitrogen and oxygen atoms in total. The predicted octanol–water partition coefficient (Wildman–Crippen LogP) is 2.51. The van der Waals surface area contributed by atoms with E-state index >= 15 is 0 Å². The minimum absolute atomic E-state index is 0.224. The summed E-state index contributed by atoms with van der Waals surface area (Å²) in [6.45, 7) is 1.81. The number of carbonyl (C=O) groups excluding carboxylic acids is 2. The number of anilines is 1. The zero-order valence-corrected chi connectivity index (χ0v) is 15.0. The molecule has 0 aliphatic carbocycles. The highest BCUT2D eigenvalue weighted by Crippen LogP contribution is 2.24. The first-order valence-electron chi connectivity index (χ1n) is 7.33. The Kier molecular flexibility index (Phi) is 4.95. The molecule has 1 aromatic carbocycles. The highest BCUT2D eigenvalue weighted by Gasteiger charge is 2.13. The number of aryl methyl sites for hydroxylation is 2. The number of halogens is 1. The Bertz CT molecular complexity index is 952. The molecule has 0 aliphatic rings. The number of hydrogen-bond donors (Lipinski definition) is 1. The molecule has 0 atom stereocenters. The Morgan fingerprint density at radius 3 is 2.88 bits per heavy atom. The van der Waals surface area contributed by atoms with Crippen LogP contribution in [0.2, 0.25) is 5.02 Å². The molecule has 1 amide bonds. The molecule has 3 rings (SSSR count). The first kappa shape index (κ1) is 17.3. The Hall–Kier alpha value is -2.52. The summed E-state index contributed by atoms with van der Waals surface area (Å²) < 4.78 is 6.30. The third kappa shape index (κ3) is 3.77. The van der Waals surface area contributed by atoms with Crippen LogP contribution in [-0.2, 0) is 16.0 Å². The van der Waals surface area contributed by atoms with Crippen molar-refractivity contribution >= 4 is 45.5 Å². The van der Waals surface area contributed by atoms with Crippen LogP contribution in [0.4, 0.5) is 5.69 Å². The van der Waals surface area contributed by atoms with E-state index in [1.165, 1.54) is 36.6 Å². The highest BCUT2D eigenvalue weighted by atomic mass is 35.5. The molecule has 25 heavy (non-hydrogen) atoms. The fraction of sp³-hybridized carbons (Fsp3) is 0.267. The smallest absolute Gasteiger partial charge is 0.337 e. The van der Waals surface area contributed by atoms with Crippen molar-refractivity contribution in [3.63, 3.8) is 0 Å². The van der Waals surface area contributed by atoms with Gasteiger partial charge in [-0.2, -0.15) is 9.61 Å². The van der Waals surface area contributed by atoms with Gasteiger partial charge in [0.25, 0.3) is 0 Å². The Morgan fingerprint density at radius 1 is 1.36 bits per heavy atom. The molecule has 0 saturated heterocycles. The van der Waals surface area contributed by atoms with Gasteiger partial charge >= 0.3 is 5.97 Å². The van der Waals surface area contributed by atoms with E-state index in [2.05, 4.69) is 25.3 Å². The molecule has 10 heteroatoms. The van der Waals surface area contributed by atoms with E-state index < -0.39 is 5.97 Å². The maximum atomic E-state index is 12.2. The summed E-state index contributed by atoms with van der Waals surface area (Å²) >= 11 is 7.46. The number of nitrogens with zero attached hydrogens (tertiary/aromatic N) is 4. The summed E-state index contributed by atoms with van der Waals surface area (Å²) in [6, 6.07) is 4.55. The van der Waals surface area contributed by atoms with Gasteiger partial charge < -0.3 is 10.1 Å². The quantitative estimate of drug-likeness (QED) is 0.684. The maximum Gasteiger partial charge on any atom is 0.337 e. The zero-order chi connectivity index (χ0) is 18.0. The van der Waals surface area contributed by atoms with Crippen LogP contribution in [0.1, 0.15) is 27.6 Å². The van der Waals surface area contributed by atoms with Gasteiger partial charge in [0.1, 0.15) is 5.01 Å². The molecule has 1 N–H and O–H groups in total. The third-order valence-electron chi connectivity index (χ3n) is 3.42. The van der Waals surface area contributed by atoms with E-state index in [1.807, 2.05) is 6.92 Å². The van der Waals surface area contributed by atoms with Gasteiger partial charge in [0, 0.05) is 12.8 Å². The van der Waals surface area contributed by atoms with Crippen LogP contribution in [0, 0.1) is 6.92 Å². The molecule has 0 bridgehead atoms. The lowest BCUT2D eigenvalue weighted by Crippen LogP contribution is -2.13. The Labute approximate surface area is 151 Å². The number of methoxy groups -OCH3 is 1. The molecule has 0 spiro atoms. The number of amides is 1. The molecule has 2 aromatic heterocycles. The van der Waals surface area contributed by atoms with Crippen molar-refractivity contribution in [1.82, 2.24) is 19.8 Å². The fourth-order valence-corrected chi connectivity index (χ4v) is 3.20. The van der Waals surface area contributed by atoms with Crippen LogP contribution in [0.25, 0.3) is 4.96 Å². The first-order chi connectivity index (χ1) is 12.0. The Morgan fingerprint density at radius 2 is 2.16 bits per heavy atom. The highest BCUT2D eigenvalue weighted by molar-refractivity contribution is 7.16. The van der Waals surface area contributed by atoms with Gasteiger partial charge in [0.05, 0.1) is 23.4 Å². The van der Waals surface area contributed by atoms with Crippen molar-refractivity contribution in [1.29, 1.82) is 0 Å². The van der Waals surface area contributed by atoms with Gasteiger partial charge in [-0.15, -0.1) is 10.2 Å². The number of aromatic nitrogens is 4. The minimum atomic E-state index is -0.498. The monoisotopic (exact) mass is 379 g/mol. The van der Waals surface area contributed by atoms with E-state index in [-0.39, 0.29) is 12.3 Å². The third-order valence-corrected chi connectivity index (χ3v) is 4.70. The van der Waals surface area contributed by atoms with Crippen LogP contribution in [0.3, 0.4) is 0 Å². The number of esters is 1. The second-order valence-electron chi connectivity index (χ2n) is 5.17. The van der Waals surface area contributed by atoms with Crippen LogP contribution < -0.4 is 5.32 Å². The van der Waals surface area contributed by atoms with Crippen molar-refractivity contribution in [3.8, 4) is 0 Å². The molecule has 0 saturated carbocycles. The molecule has 130 valence electrons. The summed E-state index contributed by atoms with van der Waals surface area (Å²) in [5, 5.41) is 16.1. The fourth-order valence-electron chi connectivity index (χ4n) is 2.15. The molecule has 0 radical (unpaired) electrons. The second kappa shape index (κ2) is 7.16. The van der Waals surface area contributed by atoms with Gasteiger partial charge in [0.15, 0.2) is 5.82 Å². The van der Waals surface area contributed by atoms with E-state index in [0.717, 1.165) is 5.01 Å². The zero-order valence-electron chi connectivity index (χ0n) is 13.4. The number of hydrogen-bond acceptors (Lipinski definition) is 7. The van der Waals surface area contributed by atoms with Crippen molar-refractivity contribution < 1.29 is 14.3 Å². The maximum absolute atomic E-state index is 12.2. The van der Waals surface area contributed by atoms with Gasteiger partial charge in [-0.05, 0) is 25.1 Å². The van der Waals surface area contributed by atoms with Gasteiger partial charge in [-0.25, -0.2) is 4.79 Å². The van der Waals surface area contributed by atoms with E-state index in [1.54, 1.807) is 4.52 Å². The van der Waals surface area contributed by atoms with Gasteiger partial charge in [-0.3, -0.25) is 4.79 Å². The largest absolute Gasteiger partial charge is 0.465 e. The summed E-state index contributed by atoms with van der Waals surface area (Å²) in [7, 11) is 1.29. The lowest BCUT2D eigenvalue weighted by Gasteiger charge is -2.08. The van der Waals surface area contributed by atoms with E-state index in [4.69, 9.17) is 11.6 Å². The SMILES string of the molecule is COC(=O)c1ccc(Cl)c(NC(=O)CCc2nn3c(C)nnc3s2)c1. The van der Waals surface area contributed by atoms with Crippen LogP contribution in [0.15, 0.2) is 18.2 Å². The second-order valence-corrected chi connectivity index (χ2v) is 6.62. The summed E-state index contributed by atoms with van der Waals surface area (Å²) in [6.07, 6.45) is 0.690. The molecule has 0 fully saturated rings. The average molecular weight is 380 g/mol. The first-order valence-corrected chi connectivity index (χ1v) is 8.53. The number of ether oxygens (including phenoxy) is 1. The van der Waals surface area contributed by atoms with Crippen LogP contribution >= 0.6 is 22.9 Å². The molecule has 0 aliphatic heterocycles. The van der Waals surface area contributed by atoms with Crippen molar-refractivity contribution in [2.75, 3.05) is 12.4 Å². The van der Waals surface area contributed by atoms with Gasteiger partial charge in [0.2, 0.25) is 10.9 Å². The molecule has 0 unspecified atom stereocenters. The van der Waals surface area contributed by atoms with E-state index in [9.17, 15) is 9.59 Å². The van der Waals surface area contributed by atoms with Crippen molar-refractivity contribution in [2.45, 2.75) is 19.8 Å². The van der Waals surface area contributed by atoms with Crippen LogP contribution in [-0.4, -0.2) is 38.8 Å². The molecule has 3 aromatic rings. The topological polar surface area (TPSA) is 98.5 Å². The van der Waals surface area contributed by atoms with E-state index in [0.29, 0.717) is 33.5 Å². The molecule has 2 heterocycles. The molecular formula is C15H14ClN5O3S. The Balaban J connectivity index is 1.65. The number of rotatable bonds is 5. The number of fused-ring (bicyclic) bond motifs is 1. The molecular weight excluding hydrogens is 366 g/mol. The standard InChI is InChI=1S/C15H14ClN5O3S/c1-8-18-19-15-21(8)20-13(25-15)6-5-12(22)17-11-7-9(14(23)24-2)3-4-10(11)16/h3-4,7H,5-6H2,1-2H3,(H,17,22). The summed E-state index contributed by atoms with van der Waals surface area (Å²) in [5.41, 5.74) is 0.676. The van der Waals surface area contributed by atoms with Crippen molar-refractivity contribution in [3.05, 3.63) is 39.6 Å². The lowest BCUT2D eigenvalue weighted by atomic mass is 10.2.